The van der Waals surface area contributed by atoms with Crippen LogP contribution >= 0.6 is 0 Å². The molecule has 0 saturated carbocycles. The van der Waals surface area contributed by atoms with Gasteiger partial charge in [0, 0.05) is 6.42 Å². The first-order valence-electron chi connectivity index (χ1n) is 6.89. The van der Waals surface area contributed by atoms with Crippen LogP contribution in [-0.2, 0) is 9.53 Å². The summed E-state index contributed by atoms with van der Waals surface area (Å²) in [4.78, 5) is 11.5. The Hall–Kier alpha value is -1.71. The summed E-state index contributed by atoms with van der Waals surface area (Å²) in [7, 11) is 1.63. The number of benzene rings is 1. The van der Waals surface area contributed by atoms with Gasteiger partial charge in [0.2, 0.25) is 0 Å². The van der Waals surface area contributed by atoms with Crippen LogP contribution in [0.5, 0.6) is 11.5 Å². The lowest BCUT2D eigenvalue weighted by molar-refractivity contribution is -0.154. The van der Waals surface area contributed by atoms with Gasteiger partial charge in [-0.25, -0.2) is 0 Å². The average Bonchev–Trinajstić information content (AvgIpc) is 2.37. The number of ether oxygens (including phenoxy) is 3. The molecule has 4 nitrogen and oxygen atoms in total. The van der Waals surface area contributed by atoms with Crippen LogP contribution in [0, 0.1) is 0 Å². The van der Waals surface area contributed by atoms with E-state index in [1.165, 1.54) is 0 Å². The third-order valence-corrected chi connectivity index (χ3v) is 2.52. The number of esters is 1. The molecular formula is C16H24O4. The first-order chi connectivity index (χ1) is 9.40. The van der Waals surface area contributed by atoms with E-state index in [0.29, 0.717) is 13.0 Å². The summed E-state index contributed by atoms with van der Waals surface area (Å²) >= 11 is 0. The Morgan fingerprint density at radius 1 is 1.05 bits per heavy atom. The second kappa shape index (κ2) is 7.78. The summed E-state index contributed by atoms with van der Waals surface area (Å²) < 4.78 is 15.9. The molecule has 0 spiro atoms. The summed E-state index contributed by atoms with van der Waals surface area (Å²) in [6.45, 7) is 6.21. The number of unbranched alkanes of at least 4 members (excludes halogenated alkanes) is 1. The fraction of sp³-hybridized carbons (Fsp3) is 0.562. The van der Waals surface area contributed by atoms with Gasteiger partial charge in [0.05, 0.1) is 13.7 Å². The quantitative estimate of drug-likeness (QED) is 0.565. The van der Waals surface area contributed by atoms with Crippen molar-refractivity contribution in [2.45, 2.75) is 45.6 Å². The molecule has 112 valence electrons. The van der Waals surface area contributed by atoms with Crippen molar-refractivity contribution in [1.29, 1.82) is 0 Å². The number of carbonyl (C=O) groups is 1. The molecule has 20 heavy (non-hydrogen) atoms. The zero-order chi connectivity index (χ0) is 15.0. The summed E-state index contributed by atoms with van der Waals surface area (Å²) in [5.74, 6) is 1.47. The maximum atomic E-state index is 11.5. The van der Waals surface area contributed by atoms with E-state index in [2.05, 4.69) is 0 Å². The second-order valence-electron chi connectivity index (χ2n) is 5.57. The molecular weight excluding hydrogens is 256 g/mol. The first-order valence-corrected chi connectivity index (χ1v) is 6.89. The molecule has 0 N–H and O–H groups in total. The zero-order valence-electron chi connectivity index (χ0n) is 12.8. The van der Waals surface area contributed by atoms with Crippen LogP contribution < -0.4 is 9.47 Å². The monoisotopic (exact) mass is 280 g/mol. The largest absolute Gasteiger partial charge is 0.497 e. The molecule has 0 aliphatic carbocycles. The van der Waals surface area contributed by atoms with E-state index in [4.69, 9.17) is 14.2 Å². The van der Waals surface area contributed by atoms with Gasteiger partial charge in [-0.2, -0.15) is 0 Å². The molecule has 4 heteroatoms. The molecule has 0 radical (unpaired) electrons. The van der Waals surface area contributed by atoms with Crippen molar-refractivity contribution < 1.29 is 19.0 Å². The van der Waals surface area contributed by atoms with Crippen LogP contribution in [0.2, 0.25) is 0 Å². The Balaban J connectivity index is 2.14. The van der Waals surface area contributed by atoms with Gasteiger partial charge in [0.15, 0.2) is 0 Å². The summed E-state index contributed by atoms with van der Waals surface area (Å²) in [5.41, 5.74) is -0.406. The van der Waals surface area contributed by atoms with Gasteiger partial charge < -0.3 is 14.2 Å². The maximum Gasteiger partial charge on any atom is 0.306 e. The second-order valence-corrected chi connectivity index (χ2v) is 5.57. The van der Waals surface area contributed by atoms with Crippen molar-refractivity contribution in [3.63, 3.8) is 0 Å². The van der Waals surface area contributed by atoms with Crippen LogP contribution in [0.1, 0.15) is 40.0 Å². The minimum atomic E-state index is -0.406. The Kier molecular flexibility index (Phi) is 6.36. The number of methoxy groups -OCH3 is 1. The molecule has 0 amide bonds. The Bertz CT molecular complexity index is 403. The SMILES string of the molecule is COc1ccc(OCCCCC(=O)OC(C)(C)C)cc1. The Labute approximate surface area is 121 Å². The predicted octanol–water partition coefficient (Wildman–Crippen LogP) is 3.59. The van der Waals surface area contributed by atoms with Crippen molar-refractivity contribution in [3.8, 4) is 11.5 Å². The van der Waals surface area contributed by atoms with Crippen LogP contribution in [0.25, 0.3) is 0 Å². The summed E-state index contributed by atoms with van der Waals surface area (Å²) in [6, 6.07) is 7.45. The fourth-order valence-corrected chi connectivity index (χ4v) is 1.63. The summed E-state index contributed by atoms with van der Waals surface area (Å²) in [6.07, 6.45) is 2.03. The van der Waals surface area contributed by atoms with E-state index in [9.17, 15) is 4.79 Å². The van der Waals surface area contributed by atoms with E-state index in [-0.39, 0.29) is 5.97 Å². The van der Waals surface area contributed by atoms with Crippen LogP contribution in [0.15, 0.2) is 24.3 Å². The van der Waals surface area contributed by atoms with E-state index >= 15 is 0 Å². The number of hydrogen-bond acceptors (Lipinski definition) is 4. The highest BCUT2D eigenvalue weighted by atomic mass is 16.6. The van der Waals surface area contributed by atoms with Gasteiger partial charge in [0.1, 0.15) is 17.1 Å². The first kappa shape index (κ1) is 16.3. The molecule has 0 aromatic heterocycles. The Morgan fingerprint density at radius 2 is 1.65 bits per heavy atom. The van der Waals surface area contributed by atoms with Crippen molar-refractivity contribution in [1.82, 2.24) is 0 Å². The molecule has 0 fully saturated rings. The van der Waals surface area contributed by atoms with Crippen LogP contribution in [0.4, 0.5) is 0 Å². The van der Waals surface area contributed by atoms with Crippen LogP contribution in [0.3, 0.4) is 0 Å². The number of carbonyl (C=O) groups excluding carboxylic acids is 1. The molecule has 1 rings (SSSR count). The minimum Gasteiger partial charge on any atom is -0.497 e. The highest BCUT2D eigenvalue weighted by molar-refractivity contribution is 5.69. The highest BCUT2D eigenvalue weighted by Gasteiger charge is 2.15. The smallest absolute Gasteiger partial charge is 0.306 e. The third kappa shape index (κ3) is 7.02. The van der Waals surface area contributed by atoms with Gasteiger partial charge >= 0.3 is 5.97 Å². The molecule has 1 aromatic carbocycles. The van der Waals surface area contributed by atoms with Gasteiger partial charge in [-0.05, 0) is 57.9 Å². The highest BCUT2D eigenvalue weighted by Crippen LogP contribution is 2.17. The van der Waals surface area contributed by atoms with Gasteiger partial charge in [-0.1, -0.05) is 0 Å². The third-order valence-electron chi connectivity index (χ3n) is 2.52. The Morgan fingerprint density at radius 3 is 2.20 bits per heavy atom. The van der Waals surface area contributed by atoms with Gasteiger partial charge in [-0.3, -0.25) is 4.79 Å². The molecule has 0 atom stereocenters. The van der Waals surface area contributed by atoms with E-state index in [0.717, 1.165) is 24.3 Å². The molecule has 0 aliphatic rings. The topological polar surface area (TPSA) is 44.8 Å². The minimum absolute atomic E-state index is 0.151. The lowest BCUT2D eigenvalue weighted by Crippen LogP contribution is -2.23. The molecule has 0 unspecified atom stereocenters. The lowest BCUT2D eigenvalue weighted by atomic mass is 10.2. The van der Waals surface area contributed by atoms with E-state index in [1.54, 1.807) is 7.11 Å². The van der Waals surface area contributed by atoms with Gasteiger partial charge in [-0.15, -0.1) is 0 Å². The standard InChI is InChI=1S/C16H24O4/c1-16(2,3)20-15(17)7-5-6-12-19-14-10-8-13(18-4)9-11-14/h8-11H,5-7,12H2,1-4H3. The average molecular weight is 280 g/mol. The van der Waals surface area contributed by atoms with E-state index in [1.807, 2.05) is 45.0 Å². The predicted molar refractivity (Wildman–Crippen MR) is 78.2 cm³/mol. The van der Waals surface area contributed by atoms with E-state index < -0.39 is 5.60 Å². The normalized spacial score (nSPS) is 11.0. The zero-order valence-corrected chi connectivity index (χ0v) is 12.8. The molecule has 1 aromatic rings. The van der Waals surface area contributed by atoms with Crippen LogP contribution in [-0.4, -0.2) is 25.3 Å². The van der Waals surface area contributed by atoms with Crippen molar-refractivity contribution in [2.75, 3.05) is 13.7 Å². The molecule has 0 bridgehead atoms. The fourth-order valence-electron chi connectivity index (χ4n) is 1.63. The molecule has 0 saturated heterocycles. The van der Waals surface area contributed by atoms with Crippen molar-refractivity contribution in [3.05, 3.63) is 24.3 Å². The number of hydrogen-bond donors (Lipinski definition) is 0. The van der Waals surface area contributed by atoms with Crippen molar-refractivity contribution >= 4 is 5.97 Å². The number of rotatable bonds is 7. The summed E-state index contributed by atoms with van der Waals surface area (Å²) in [5, 5.41) is 0. The van der Waals surface area contributed by atoms with Crippen molar-refractivity contribution in [2.24, 2.45) is 0 Å². The molecule has 0 heterocycles. The maximum absolute atomic E-state index is 11.5. The lowest BCUT2D eigenvalue weighted by Gasteiger charge is -2.19. The molecule has 0 aliphatic heterocycles. The van der Waals surface area contributed by atoms with Gasteiger partial charge in [0.25, 0.3) is 0 Å².